The maximum atomic E-state index is 12.2. The van der Waals surface area contributed by atoms with Crippen LogP contribution < -0.4 is 0 Å². The van der Waals surface area contributed by atoms with Gasteiger partial charge in [0.1, 0.15) is 0 Å². The Morgan fingerprint density at radius 3 is 2.53 bits per heavy atom. The molecule has 0 bridgehead atoms. The Morgan fingerprint density at radius 2 is 1.93 bits per heavy atom. The molecule has 2 aliphatic rings. The lowest BCUT2D eigenvalue weighted by Gasteiger charge is -2.42. The monoisotopic (exact) mass is 227 g/mol. The molecule has 2 nitrogen and oxygen atoms in total. The first-order chi connectivity index (χ1) is 7.09. The third-order valence-corrected chi connectivity index (χ3v) is 5.23. The van der Waals surface area contributed by atoms with Crippen molar-refractivity contribution in [1.29, 1.82) is 0 Å². The first-order valence-corrected chi connectivity index (χ1v) is 7.06. The lowest BCUT2D eigenvalue weighted by atomic mass is 9.75. The number of rotatable bonds is 1. The van der Waals surface area contributed by atoms with Gasteiger partial charge in [-0.05, 0) is 25.7 Å². The summed E-state index contributed by atoms with van der Waals surface area (Å²) in [5, 5.41) is 0.597. The minimum Gasteiger partial charge on any atom is -0.338 e. The van der Waals surface area contributed by atoms with Gasteiger partial charge in [-0.25, -0.2) is 0 Å². The lowest BCUT2D eigenvalue weighted by Crippen LogP contribution is -2.51. The highest BCUT2D eigenvalue weighted by atomic mass is 32.2. The van der Waals surface area contributed by atoms with Crippen molar-refractivity contribution in [2.24, 2.45) is 11.8 Å². The topological polar surface area (TPSA) is 20.3 Å². The van der Waals surface area contributed by atoms with Crippen molar-refractivity contribution >= 4 is 17.7 Å². The first-order valence-electron chi connectivity index (χ1n) is 6.01. The van der Waals surface area contributed by atoms with Crippen LogP contribution in [0.25, 0.3) is 0 Å². The Bertz CT molecular complexity index is 250. The van der Waals surface area contributed by atoms with Crippen LogP contribution in [0.5, 0.6) is 0 Å². The predicted octanol–water partition coefficient (Wildman–Crippen LogP) is 2.38. The maximum Gasteiger partial charge on any atom is 0.226 e. The fourth-order valence-corrected chi connectivity index (χ4v) is 3.68. The molecule has 2 rings (SSSR count). The van der Waals surface area contributed by atoms with Gasteiger partial charge >= 0.3 is 0 Å². The van der Waals surface area contributed by atoms with E-state index in [0.29, 0.717) is 23.1 Å². The lowest BCUT2D eigenvalue weighted by molar-refractivity contribution is -0.141. The third-order valence-electron chi connectivity index (χ3n) is 3.89. The third kappa shape index (κ3) is 2.17. The summed E-state index contributed by atoms with van der Waals surface area (Å²) in [4.78, 5) is 14.3. The summed E-state index contributed by atoms with van der Waals surface area (Å²) in [6, 6.07) is 0.423. The fraction of sp³-hybridized carbons (Fsp3) is 0.917. The number of hydrogen-bond donors (Lipinski definition) is 0. The molecule has 2 fully saturated rings. The second kappa shape index (κ2) is 4.36. The second-order valence-electron chi connectivity index (χ2n) is 5.12. The Labute approximate surface area is 96.8 Å². The molecule has 2 unspecified atom stereocenters. The Morgan fingerprint density at radius 1 is 1.27 bits per heavy atom. The molecule has 0 N–H and O–H groups in total. The van der Waals surface area contributed by atoms with Gasteiger partial charge in [-0.3, -0.25) is 4.79 Å². The molecule has 0 aromatic rings. The summed E-state index contributed by atoms with van der Waals surface area (Å²) in [6.07, 6.45) is 2.23. The van der Waals surface area contributed by atoms with Crippen LogP contribution in [0.4, 0.5) is 0 Å². The maximum absolute atomic E-state index is 12.2. The Balaban J connectivity index is 1.94. The van der Waals surface area contributed by atoms with E-state index in [1.807, 2.05) is 11.8 Å². The zero-order valence-electron chi connectivity index (χ0n) is 9.90. The highest BCUT2D eigenvalue weighted by molar-refractivity contribution is 8.00. The van der Waals surface area contributed by atoms with E-state index >= 15 is 0 Å². The van der Waals surface area contributed by atoms with Gasteiger partial charge in [0, 0.05) is 29.5 Å². The van der Waals surface area contributed by atoms with Gasteiger partial charge in [0.15, 0.2) is 0 Å². The molecule has 1 aliphatic heterocycles. The van der Waals surface area contributed by atoms with E-state index in [-0.39, 0.29) is 0 Å². The Hall–Kier alpha value is -0.180. The van der Waals surface area contributed by atoms with Gasteiger partial charge in [0.25, 0.3) is 0 Å². The van der Waals surface area contributed by atoms with E-state index in [2.05, 4.69) is 25.7 Å². The molecule has 2 atom stereocenters. The van der Waals surface area contributed by atoms with Gasteiger partial charge in [0.2, 0.25) is 5.91 Å². The van der Waals surface area contributed by atoms with Crippen molar-refractivity contribution < 1.29 is 4.79 Å². The number of amides is 1. The number of hydrogen-bond acceptors (Lipinski definition) is 2. The molecule has 1 saturated carbocycles. The van der Waals surface area contributed by atoms with Crippen molar-refractivity contribution in [3.63, 3.8) is 0 Å². The molecule has 1 amide bonds. The van der Waals surface area contributed by atoms with Crippen LogP contribution >= 0.6 is 11.8 Å². The van der Waals surface area contributed by atoms with Crippen LogP contribution in [0, 0.1) is 11.8 Å². The van der Waals surface area contributed by atoms with Crippen LogP contribution in [-0.2, 0) is 4.79 Å². The molecule has 86 valence electrons. The first kappa shape index (κ1) is 11.3. The molecule has 0 spiro atoms. The fourth-order valence-electron chi connectivity index (χ4n) is 2.58. The minimum absolute atomic E-state index is 0.345. The molecule has 1 heterocycles. The van der Waals surface area contributed by atoms with E-state index < -0.39 is 0 Å². The number of carbonyl (C=O) groups is 1. The largest absolute Gasteiger partial charge is 0.338 e. The SMILES string of the molecule is CC1CC(C(=O)N2CCSC(C)C2C)C1. The van der Waals surface area contributed by atoms with Crippen LogP contribution in [-0.4, -0.2) is 34.4 Å². The van der Waals surface area contributed by atoms with Crippen LogP contribution in [0.2, 0.25) is 0 Å². The smallest absolute Gasteiger partial charge is 0.226 e. The van der Waals surface area contributed by atoms with Gasteiger partial charge in [-0.15, -0.1) is 0 Å². The summed E-state index contributed by atoms with van der Waals surface area (Å²) < 4.78 is 0. The van der Waals surface area contributed by atoms with E-state index in [1.165, 1.54) is 0 Å². The molecule has 0 aromatic heterocycles. The van der Waals surface area contributed by atoms with Crippen molar-refractivity contribution in [2.75, 3.05) is 12.3 Å². The average molecular weight is 227 g/mol. The van der Waals surface area contributed by atoms with E-state index in [4.69, 9.17) is 0 Å². The van der Waals surface area contributed by atoms with Crippen molar-refractivity contribution in [2.45, 2.75) is 44.9 Å². The molecule has 15 heavy (non-hydrogen) atoms. The van der Waals surface area contributed by atoms with Crippen molar-refractivity contribution in [3.8, 4) is 0 Å². The van der Waals surface area contributed by atoms with Gasteiger partial charge in [-0.2, -0.15) is 11.8 Å². The van der Waals surface area contributed by atoms with E-state index in [9.17, 15) is 4.79 Å². The second-order valence-corrected chi connectivity index (χ2v) is 6.61. The highest BCUT2D eigenvalue weighted by Gasteiger charge is 2.37. The summed E-state index contributed by atoms with van der Waals surface area (Å²) in [6.45, 7) is 7.62. The van der Waals surface area contributed by atoms with Crippen molar-refractivity contribution in [3.05, 3.63) is 0 Å². The molecule has 0 aromatic carbocycles. The number of nitrogens with zero attached hydrogens (tertiary/aromatic N) is 1. The highest BCUT2D eigenvalue weighted by Crippen LogP contribution is 2.36. The summed E-state index contributed by atoms with van der Waals surface area (Å²) in [5.41, 5.74) is 0. The average Bonchev–Trinajstić information content (AvgIpc) is 2.16. The van der Waals surface area contributed by atoms with Crippen LogP contribution in [0.3, 0.4) is 0 Å². The summed E-state index contributed by atoms with van der Waals surface area (Å²) in [7, 11) is 0. The molecule has 1 saturated heterocycles. The zero-order valence-corrected chi connectivity index (χ0v) is 10.7. The quantitative estimate of drug-likeness (QED) is 0.685. The summed E-state index contributed by atoms with van der Waals surface area (Å²) in [5.74, 6) is 2.65. The normalized spacial score (nSPS) is 41.1. The minimum atomic E-state index is 0.345. The number of carbonyl (C=O) groups excluding carboxylic acids is 1. The van der Waals surface area contributed by atoms with Crippen LogP contribution in [0.1, 0.15) is 33.6 Å². The molecular weight excluding hydrogens is 206 g/mol. The predicted molar refractivity (Wildman–Crippen MR) is 65.0 cm³/mol. The van der Waals surface area contributed by atoms with E-state index in [1.54, 1.807) is 0 Å². The molecule has 0 radical (unpaired) electrons. The molecular formula is C12H21NOS. The van der Waals surface area contributed by atoms with Crippen LogP contribution in [0.15, 0.2) is 0 Å². The summed E-state index contributed by atoms with van der Waals surface area (Å²) >= 11 is 1.99. The standard InChI is InChI=1S/C12H21NOS/c1-8-6-11(7-8)12(14)13-4-5-15-10(3)9(13)2/h8-11H,4-7H2,1-3H3. The van der Waals surface area contributed by atoms with Gasteiger partial charge in [0.05, 0.1) is 0 Å². The van der Waals surface area contributed by atoms with E-state index in [0.717, 1.165) is 31.1 Å². The Kier molecular flexibility index (Phi) is 3.29. The zero-order chi connectivity index (χ0) is 11.0. The van der Waals surface area contributed by atoms with Gasteiger partial charge in [-0.1, -0.05) is 13.8 Å². The van der Waals surface area contributed by atoms with Gasteiger partial charge < -0.3 is 4.90 Å². The van der Waals surface area contributed by atoms with Crippen molar-refractivity contribution in [1.82, 2.24) is 4.90 Å². The molecule has 1 aliphatic carbocycles. The molecule has 3 heteroatoms. The number of thioether (sulfide) groups is 1.